The van der Waals surface area contributed by atoms with Crippen LogP contribution < -0.4 is 4.74 Å². The van der Waals surface area contributed by atoms with Crippen molar-refractivity contribution in [3.05, 3.63) is 123 Å². The van der Waals surface area contributed by atoms with Crippen LogP contribution in [0.4, 0.5) is 13.2 Å². The number of hydrogen-bond donors (Lipinski definition) is 0. The molecule has 0 saturated carbocycles. The summed E-state index contributed by atoms with van der Waals surface area (Å²) in [5, 5.41) is 21.0. The third-order valence-electron chi connectivity index (χ3n) is 7.08. The number of hydrogen-bond acceptors (Lipinski definition) is 3. The summed E-state index contributed by atoms with van der Waals surface area (Å²) in [6.07, 6.45) is -4.90. The van der Waals surface area contributed by atoms with E-state index in [2.05, 4.69) is 14.4 Å². The molecule has 0 unspecified atom stereocenters. The third-order valence-corrected chi connectivity index (χ3v) is 7.08. The molecule has 0 heterocycles. The van der Waals surface area contributed by atoms with Gasteiger partial charge >= 0.3 is 6.36 Å². The van der Waals surface area contributed by atoms with Crippen molar-refractivity contribution in [3.8, 4) is 40.1 Å². The van der Waals surface area contributed by atoms with Crippen LogP contribution in [0.3, 0.4) is 0 Å². The number of nitrogens with zero attached hydrogens (tertiary/aromatic N) is 4. The molecule has 6 rings (SSSR count). The van der Waals surface area contributed by atoms with E-state index in [9.17, 15) is 23.7 Å². The molecule has 2 aliphatic rings. The van der Waals surface area contributed by atoms with Crippen molar-refractivity contribution < 1.29 is 17.9 Å². The molecule has 188 valence electrons. The first-order chi connectivity index (χ1) is 19.2. The minimum Gasteiger partial charge on any atom is -0.406 e. The molecule has 4 aromatic carbocycles. The molecule has 0 aliphatic heterocycles. The largest absolute Gasteiger partial charge is 0.573 e. The van der Waals surface area contributed by atoms with Crippen LogP contribution >= 0.6 is 0 Å². The van der Waals surface area contributed by atoms with E-state index in [1.54, 1.807) is 6.07 Å². The van der Waals surface area contributed by atoms with Gasteiger partial charge < -0.3 is 4.74 Å². The SMILES string of the molecule is [C-]#[N+]/C(C#N)=C1\c2cc(C)ccc2-c2cc3cc4c(cc3cc21)/C(=C(/C#N)[N+]#[C-])c1cc(OC(F)(F)F)ccc1-4. The van der Waals surface area contributed by atoms with Gasteiger partial charge in [0, 0.05) is 11.1 Å². The first-order valence-electron chi connectivity index (χ1n) is 11.9. The van der Waals surface area contributed by atoms with Gasteiger partial charge in [-0.25, -0.2) is 20.2 Å². The van der Waals surface area contributed by atoms with E-state index in [0.29, 0.717) is 33.4 Å². The van der Waals surface area contributed by atoms with Gasteiger partial charge in [0.1, 0.15) is 5.75 Å². The number of nitriles is 2. The number of allylic oxidation sites excluding steroid dienone is 2. The smallest absolute Gasteiger partial charge is 0.406 e. The van der Waals surface area contributed by atoms with Gasteiger partial charge in [-0.3, -0.25) is 0 Å². The fourth-order valence-corrected chi connectivity index (χ4v) is 5.55. The van der Waals surface area contributed by atoms with Gasteiger partial charge in [0.05, 0.1) is 25.3 Å². The highest BCUT2D eigenvalue weighted by atomic mass is 19.4. The fraction of sp³-hybridized carbons (Fsp3) is 0.0625. The van der Waals surface area contributed by atoms with Crippen molar-refractivity contribution in [1.29, 1.82) is 10.5 Å². The summed E-state index contributed by atoms with van der Waals surface area (Å²) in [4.78, 5) is 6.82. The molecular formula is C32H13F3N4O. The van der Waals surface area contributed by atoms with E-state index < -0.39 is 12.1 Å². The van der Waals surface area contributed by atoms with E-state index in [4.69, 9.17) is 13.1 Å². The van der Waals surface area contributed by atoms with Crippen molar-refractivity contribution in [3.63, 3.8) is 0 Å². The lowest BCUT2D eigenvalue weighted by atomic mass is 9.94. The van der Waals surface area contributed by atoms with E-state index in [-0.39, 0.29) is 17.0 Å². The Kier molecular flexibility index (Phi) is 5.27. The molecule has 0 atom stereocenters. The number of aryl methyl sites for hydroxylation is 1. The first kappa shape index (κ1) is 24.5. The minimum atomic E-state index is -4.90. The summed E-state index contributed by atoms with van der Waals surface area (Å²) in [6.45, 7) is 17.1. The number of halogens is 3. The Morgan fingerprint density at radius 2 is 1.12 bits per heavy atom. The van der Waals surface area contributed by atoms with Crippen LogP contribution in [0.15, 0.2) is 72.1 Å². The van der Waals surface area contributed by atoms with E-state index in [1.165, 1.54) is 18.2 Å². The molecule has 0 aromatic heterocycles. The number of ether oxygens (including phenoxy) is 1. The molecule has 0 amide bonds. The summed E-state index contributed by atoms with van der Waals surface area (Å²) >= 11 is 0. The van der Waals surface area contributed by atoms with Crippen molar-refractivity contribution in [2.75, 3.05) is 0 Å². The highest BCUT2D eigenvalue weighted by molar-refractivity contribution is 6.11. The molecule has 0 radical (unpaired) electrons. The van der Waals surface area contributed by atoms with Crippen LogP contribution in [0, 0.1) is 42.7 Å². The fourth-order valence-electron chi connectivity index (χ4n) is 5.55. The molecule has 8 heteroatoms. The highest BCUT2D eigenvalue weighted by Gasteiger charge is 2.34. The minimum absolute atomic E-state index is 0.0314. The normalized spacial score (nSPS) is 15.0. The Morgan fingerprint density at radius 3 is 1.60 bits per heavy atom. The predicted molar refractivity (Wildman–Crippen MR) is 143 cm³/mol. The lowest BCUT2D eigenvalue weighted by molar-refractivity contribution is -0.274. The van der Waals surface area contributed by atoms with Crippen LogP contribution in [0.25, 0.3) is 53.9 Å². The maximum Gasteiger partial charge on any atom is 0.573 e. The number of benzene rings is 4. The molecule has 0 fully saturated rings. The average Bonchev–Trinajstić information content (AvgIpc) is 3.38. The van der Waals surface area contributed by atoms with E-state index in [0.717, 1.165) is 33.0 Å². The lowest BCUT2D eigenvalue weighted by Gasteiger charge is -2.10. The molecule has 2 aliphatic carbocycles. The topological polar surface area (TPSA) is 65.5 Å². The standard InChI is InChI=1S/C32H13F3N4O/c1-16-4-6-20-22-9-17-10-23-21-7-5-19(40-32(33,34)35)13-27(21)31(29(15-37)39-3)26(23)12-18(17)11-25(22)30(24(20)8-16)28(14-36)38-2/h4-13H,1H3/b30-28+,31-29+. The molecule has 0 N–H and O–H groups in total. The summed E-state index contributed by atoms with van der Waals surface area (Å²) in [5.41, 5.74) is 6.81. The Morgan fingerprint density at radius 1 is 0.675 bits per heavy atom. The van der Waals surface area contributed by atoms with Crippen LogP contribution in [0.1, 0.15) is 27.8 Å². The average molecular weight is 526 g/mol. The quantitative estimate of drug-likeness (QED) is 0.160. The summed E-state index contributed by atoms with van der Waals surface area (Å²) < 4.78 is 42.9. The third kappa shape index (κ3) is 3.60. The van der Waals surface area contributed by atoms with E-state index in [1.807, 2.05) is 55.5 Å². The van der Waals surface area contributed by atoms with Crippen LogP contribution in [-0.2, 0) is 0 Å². The number of alkyl halides is 3. The molecule has 0 spiro atoms. The summed E-state index contributed by atoms with van der Waals surface area (Å²) in [7, 11) is 0. The maximum atomic E-state index is 12.9. The van der Waals surface area contributed by atoms with Crippen molar-refractivity contribution in [2.45, 2.75) is 13.3 Å². The molecule has 4 aromatic rings. The Hall–Kier alpha value is -5.83. The number of fused-ring (bicyclic) bond motifs is 7. The molecule has 0 bridgehead atoms. The van der Waals surface area contributed by atoms with Crippen LogP contribution in [-0.4, -0.2) is 6.36 Å². The predicted octanol–water partition coefficient (Wildman–Crippen LogP) is 8.41. The van der Waals surface area contributed by atoms with Crippen LogP contribution in [0.2, 0.25) is 0 Å². The van der Waals surface area contributed by atoms with Gasteiger partial charge in [-0.1, -0.05) is 29.8 Å². The number of rotatable bonds is 1. The summed E-state index contributed by atoms with van der Waals surface area (Å²) in [5.74, 6) is -0.452. The maximum absolute atomic E-state index is 12.9. The van der Waals surface area contributed by atoms with E-state index >= 15 is 0 Å². The molecule has 40 heavy (non-hydrogen) atoms. The Bertz CT molecular complexity index is 2040. The van der Waals surface area contributed by atoms with Gasteiger partial charge in [-0.2, -0.15) is 0 Å². The monoisotopic (exact) mass is 526 g/mol. The van der Waals surface area contributed by atoms with Crippen molar-refractivity contribution >= 4 is 21.9 Å². The summed E-state index contributed by atoms with van der Waals surface area (Å²) in [6, 6.07) is 21.2. The zero-order valence-corrected chi connectivity index (χ0v) is 20.6. The van der Waals surface area contributed by atoms with Gasteiger partial charge in [-0.15, -0.1) is 13.2 Å². The molecule has 0 saturated heterocycles. The molecule has 5 nitrogen and oxygen atoms in total. The van der Waals surface area contributed by atoms with Crippen molar-refractivity contribution in [2.24, 2.45) is 0 Å². The highest BCUT2D eigenvalue weighted by Crippen LogP contribution is 2.51. The lowest BCUT2D eigenvalue weighted by Crippen LogP contribution is -2.17. The zero-order valence-electron chi connectivity index (χ0n) is 20.6. The first-order valence-corrected chi connectivity index (χ1v) is 11.9. The second-order valence-corrected chi connectivity index (χ2v) is 9.34. The van der Waals surface area contributed by atoms with Gasteiger partial charge in [0.25, 0.3) is 11.4 Å². The Labute approximate surface area is 226 Å². The van der Waals surface area contributed by atoms with Gasteiger partial charge in [-0.05, 0) is 98.6 Å². The van der Waals surface area contributed by atoms with Crippen molar-refractivity contribution in [1.82, 2.24) is 0 Å². The van der Waals surface area contributed by atoms with Gasteiger partial charge in [0.15, 0.2) is 0 Å². The van der Waals surface area contributed by atoms with Crippen LogP contribution in [0.5, 0.6) is 5.75 Å². The Balaban J connectivity index is 1.65. The second kappa shape index (κ2) is 8.60. The zero-order chi connectivity index (χ0) is 28.3. The second-order valence-electron chi connectivity index (χ2n) is 9.34. The molecular weight excluding hydrogens is 513 g/mol. The van der Waals surface area contributed by atoms with Gasteiger partial charge in [0.2, 0.25) is 0 Å².